The van der Waals surface area contributed by atoms with Crippen molar-refractivity contribution in [3.05, 3.63) is 18.0 Å². The summed E-state index contributed by atoms with van der Waals surface area (Å²) in [7, 11) is 1.74. The largest absolute Gasteiger partial charge is 0.382 e. The highest BCUT2D eigenvalue weighted by Crippen LogP contribution is 2.10. The molecule has 0 aliphatic rings. The van der Waals surface area contributed by atoms with E-state index in [9.17, 15) is 0 Å². The quantitative estimate of drug-likeness (QED) is 0.547. The van der Waals surface area contributed by atoms with Crippen LogP contribution in [-0.2, 0) is 11.2 Å². The monoisotopic (exact) mass is 254 g/mol. The maximum Gasteiger partial charge on any atom is 0.0640 e. The summed E-state index contributed by atoms with van der Waals surface area (Å²) in [5, 5.41) is 4.53. The van der Waals surface area contributed by atoms with Gasteiger partial charge >= 0.3 is 0 Å². The van der Waals surface area contributed by atoms with Crippen molar-refractivity contribution in [3.8, 4) is 0 Å². The van der Waals surface area contributed by atoms with Crippen LogP contribution in [0.3, 0.4) is 0 Å². The van der Waals surface area contributed by atoms with Gasteiger partial charge in [0, 0.05) is 31.8 Å². The van der Waals surface area contributed by atoms with Gasteiger partial charge in [-0.2, -0.15) is 5.10 Å². The van der Waals surface area contributed by atoms with Crippen LogP contribution in [0.1, 0.15) is 45.3 Å². The van der Waals surface area contributed by atoms with Gasteiger partial charge in [-0.1, -0.05) is 0 Å². The van der Waals surface area contributed by atoms with Gasteiger partial charge in [0.1, 0.15) is 0 Å². The molecule has 2 atom stereocenters. The lowest BCUT2D eigenvalue weighted by atomic mass is 10.0. The molecule has 1 aromatic rings. The van der Waals surface area contributed by atoms with E-state index in [1.54, 1.807) is 7.11 Å². The Balaban J connectivity index is 2.46. The number of aromatic nitrogens is 2. The topological polar surface area (TPSA) is 65.1 Å². The van der Waals surface area contributed by atoms with Gasteiger partial charge in [0.05, 0.1) is 11.8 Å². The lowest BCUT2D eigenvalue weighted by Gasteiger charge is -2.17. The van der Waals surface area contributed by atoms with Crippen molar-refractivity contribution in [1.29, 1.82) is 0 Å². The Morgan fingerprint density at radius 1 is 1.39 bits per heavy atom. The summed E-state index contributed by atoms with van der Waals surface area (Å²) in [5.74, 6) is 5.59. The Bertz CT molecular complexity index is 337. The van der Waals surface area contributed by atoms with Crippen LogP contribution in [0.25, 0.3) is 0 Å². The number of hydrogen-bond donors (Lipinski definition) is 2. The summed E-state index contributed by atoms with van der Waals surface area (Å²) in [6.07, 6.45) is 5.13. The fraction of sp³-hybridized carbons (Fsp3) is 0.769. The van der Waals surface area contributed by atoms with Gasteiger partial charge in [-0.3, -0.25) is 16.0 Å². The third kappa shape index (κ3) is 4.76. The maximum absolute atomic E-state index is 5.59. The van der Waals surface area contributed by atoms with Crippen LogP contribution in [0.15, 0.2) is 12.3 Å². The molecular formula is C13H26N4O. The van der Waals surface area contributed by atoms with Crippen LogP contribution in [0, 0.1) is 0 Å². The number of hydrazine groups is 1. The van der Waals surface area contributed by atoms with E-state index in [0.717, 1.165) is 25.0 Å². The second-order valence-corrected chi connectivity index (χ2v) is 5.07. The zero-order chi connectivity index (χ0) is 13.5. The summed E-state index contributed by atoms with van der Waals surface area (Å²) >= 11 is 0. The van der Waals surface area contributed by atoms with Crippen LogP contribution in [0.4, 0.5) is 0 Å². The van der Waals surface area contributed by atoms with Crippen LogP contribution in [-0.4, -0.2) is 29.0 Å². The summed E-state index contributed by atoms with van der Waals surface area (Å²) in [5.41, 5.74) is 3.94. The Hall–Kier alpha value is -0.910. The van der Waals surface area contributed by atoms with Gasteiger partial charge in [-0.05, 0) is 39.7 Å². The van der Waals surface area contributed by atoms with Crippen molar-refractivity contribution < 1.29 is 4.74 Å². The zero-order valence-corrected chi connectivity index (χ0v) is 11.9. The molecule has 0 saturated carbocycles. The first-order chi connectivity index (χ1) is 8.56. The predicted molar refractivity (Wildman–Crippen MR) is 73.1 cm³/mol. The predicted octanol–water partition coefficient (Wildman–Crippen LogP) is 1.65. The Labute approximate surface area is 110 Å². The second-order valence-electron chi connectivity index (χ2n) is 5.07. The lowest BCUT2D eigenvalue weighted by molar-refractivity contribution is 0.106. The molecule has 5 nitrogen and oxygen atoms in total. The van der Waals surface area contributed by atoms with E-state index >= 15 is 0 Å². The minimum absolute atomic E-state index is 0.248. The fourth-order valence-electron chi connectivity index (χ4n) is 1.82. The van der Waals surface area contributed by atoms with Crippen molar-refractivity contribution in [1.82, 2.24) is 15.2 Å². The minimum atomic E-state index is 0.248. The average Bonchev–Trinajstić information content (AvgIpc) is 2.82. The summed E-state index contributed by atoms with van der Waals surface area (Å²) in [6.45, 7) is 6.31. The molecular weight excluding hydrogens is 228 g/mol. The van der Waals surface area contributed by atoms with E-state index in [0.29, 0.717) is 6.04 Å². The Morgan fingerprint density at radius 3 is 2.61 bits per heavy atom. The molecule has 0 amide bonds. The van der Waals surface area contributed by atoms with E-state index in [1.807, 2.05) is 10.9 Å². The van der Waals surface area contributed by atoms with Gasteiger partial charge in [0.2, 0.25) is 0 Å². The van der Waals surface area contributed by atoms with Crippen molar-refractivity contribution in [3.63, 3.8) is 0 Å². The molecule has 0 radical (unpaired) electrons. The van der Waals surface area contributed by atoms with Crippen molar-refractivity contribution in [2.75, 3.05) is 7.11 Å². The SMILES string of the molecule is COC(C)CCC(Cc1ccn(C(C)C)n1)NN. The summed E-state index contributed by atoms with van der Waals surface area (Å²) in [6, 6.07) is 2.71. The fourth-order valence-corrected chi connectivity index (χ4v) is 1.82. The minimum Gasteiger partial charge on any atom is -0.382 e. The number of nitrogens with one attached hydrogen (secondary N) is 1. The smallest absolute Gasteiger partial charge is 0.0640 e. The van der Waals surface area contributed by atoms with Crippen LogP contribution < -0.4 is 11.3 Å². The molecule has 104 valence electrons. The maximum atomic E-state index is 5.59. The lowest BCUT2D eigenvalue weighted by Crippen LogP contribution is -2.37. The molecule has 2 unspecified atom stereocenters. The molecule has 3 N–H and O–H groups in total. The van der Waals surface area contributed by atoms with Crippen molar-refractivity contribution in [2.24, 2.45) is 5.84 Å². The Kier molecular flexibility index (Phi) is 6.32. The number of hydrogen-bond acceptors (Lipinski definition) is 4. The highest BCUT2D eigenvalue weighted by atomic mass is 16.5. The first-order valence-electron chi connectivity index (χ1n) is 6.59. The van der Waals surface area contributed by atoms with E-state index in [2.05, 4.69) is 37.4 Å². The molecule has 1 rings (SSSR count). The number of rotatable bonds is 8. The van der Waals surface area contributed by atoms with Crippen LogP contribution >= 0.6 is 0 Å². The molecule has 0 fully saturated rings. The van der Waals surface area contributed by atoms with E-state index in [4.69, 9.17) is 10.6 Å². The highest BCUT2D eigenvalue weighted by Gasteiger charge is 2.12. The standard InChI is InChI=1S/C13H26N4O/c1-10(2)17-8-7-13(16-17)9-12(15-14)6-5-11(3)18-4/h7-8,10-12,15H,5-6,9,14H2,1-4H3. The highest BCUT2D eigenvalue weighted by molar-refractivity contribution is 5.02. The number of nitrogens with two attached hydrogens (primary N) is 1. The first kappa shape index (κ1) is 15.1. The average molecular weight is 254 g/mol. The molecule has 0 spiro atoms. The molecule has 1 heterocycles. The summed E-state index contributed by atoms with van der Waals surface area (Å²) in [4.78, 5) is 0. The van der Waals surface area contributed by atoms with Gasteiger partial charge in [-0.25, -0.2) is 0 Å². The Morgan fingerprint density at radius 2 is 2.11 bits per heavy atom. The molecule has 1 aromatic heterocycles. The number of ether oxygens (including phenoxy) is 1. The third-order valence-corrected chi connectivity index (χ3v) is 3.21. The van der Waals surface area contributed by atoms with Gasteiger partial charge in [0.25, 0.3) is 0 Å². The van der Waals surface area contributed by atoms with Gasteiger partial charge < -0.3 is 4.74 Å². The number of methoxy groups -OCH3 is 1. The molecule has 0 saturated heterocycles. The van der Waals surface area contributed by atoms with Crippen LogP contribution in [0.5, 0.6) is 0 Å². The van der Waals surface area contributed by atoms with Crippen LogP contribution in [0.2, 0.25) is 0 Å². The number of nitrogens with zero attached hydrogens (tertiary/aromatic N) is 2. The first-order valence-corrected chi connectivity index (χ1v) is 6.59. The molecule has 0 aliphatic heterocycles. The molecule has 0 bridgehead atoms. The van der Waals surface area contributed by atoms with E-state index in [-0.39, 0.29) is 12.1 Å². The molecule has 0 aliphatic carbocycles. The van der Waals surface area contributed by atoms with E-state index < -0.39 is 0 Å². The molecule has 0 aromatic carbocycles. The zero-order valence-electron chi connectivity index (χ0n) is 11.9. The molecule has 18 heavy (non-hydrogen) atoms. The third-order valence-electron chi connectivity index (χ3n) is 3.21. The normalized spacial score (nSPS) is 15.0. The second kappa shape index (κ2) is 7.51. The molecule has 5 heteroatoms. The van der Waals surface area contributed by atoms with Crippen molar-refractivity contribution >= 4 is 0 Å². The van der Waals surface area contributed by atoms with Gasteiger partial charge in [0.15, 0.2) is 0 Å². The summed E-state index contributed by atoms with van der Waals surface area (Å²) < 4.78 is 7.22. The van der Waals surface area contributed by atoms with E-state index in [1.165, 1.54) is 0 Å². The van der Waals surface area contributed by atoms with Crippen molar-refractivity contribution in [2.45, 2.75) is 58.2 Å². The van der Waals surface area contributed by atoms with Gasteiger partial charge in [-0.15, -0.1) is 0 Å².